The third kappa shape index (κ3) is 3.73. The Kier molecular flexibility index (Phi) is 4.63. The summed E-state index contributed by atoms with van der Waals surface area (Å²) in [5.41, 5.74) is 2.55. The van der Waals surface area contributed by atoms with Crippen molar-refractivity contribution >= 4 is 16.9 Å². The van der Waals surface area contributed by atoms with Crippen LogP contribution >= 0.6 is 0 Å². The van der Waals surface area contributed by atoms with Gasteiger partial charge < -0.3 is 15.0 Å². The zero-order valence-electron chi connectivity index (χ0n) is 12.8. The summed E-state index contributed by atoms with van der Waals surface area (Å²) in [6.45, 7) is 0.364. The summed E-state index contributed by atoms with van der Waals surface area (Å²) in [5.74, 6) is 0.512. The average molecular weight is 310 g/mol. The molecule has 2 heterocycles. The lowest BCUT2D eigenvalue weighted by atomic mass is 10.2. The first-order valence-corrected chi connectivity index (χ1v) is 7.39. The molecule has 0 unspecified atom stereocenters. The minimum Gasteiger partial charge on any atom is -0.382 e. The monoisotopic (exact) mass is 310 g/mol. The summed E-state index contributed by atoms with van der Waals surface area (Å²) in [7, 11) is 1.60. The van der Waals surface area contributed by atoms with Crippen LogP contribution in [0.1, 0.15) is 17.6 Å². The minimum atomic E-state index is -0.280. The van der Waals surface area contributed by atoms with E-state index in [2.05, 4.69) is 20.3 Å². The molecular formula is C17H18N4O2. The van der Waals surface area contributed by atoms with E-state index in [0.29, 0.717) is 12.4 Å². The van der Waals surface area contributed by atoms with Crippen LogP contribution in [0.3, 0.4) is 0 Å². The summed E-state index contributed by atoms with van der Waals surface area (Å²) in [4.78, 5) is 24.1. The number of aromatic amines is 1. The molecule has 0 aliphatic rings. The molecule has 0 saturated heterocycles. The summed E-state index contributed by atoms with van der Waals surface area (Å²) < 4.78 is 5.18. The Bertz CT molecular complexity index is 752. The second-order valence-electron chi connectivity index (χ2n) is 5.21. The summed E-state index contributed by atoms with van der Waals surface area (Å²) in [5, 5.41) is 2.94. The molecule has 3 aromatic rings. The largest absolute Gasteiger partial charge is 0.382 e. The Morgan fingerprint density at radius 1 is 1.26 bits per heavy atom. The lowest BCUT2D eigenvalue weighted by Crippen LogP contribution is -2.33. The number of hydrogen-bond acceptors (Lipinski definition) is 4. The van der Waals surface area contributed by atoms with Crippen LogP contribution in [0, 0.1) is 0 Å². The van der Waals surface area contributed by atoms with Gasteiger partial charge in [0.2, 0.25) is 5.91 Å². The zero-order valence-corrected chi connectivity index (χ0v) is 12.8. The van der Waals surface area contributed by atoms with E-state index in [0.717, 1.165) is 16.7 Å². The maximum Gasteiger partial charge on any atom is 0.228 e. The first-order valence-electron chi connectivity index (χ1n) is 7.39. The van der Waals surface area contributed by atoms with E-state index >= 15 is 0 Å². The van der Waals surface area contributed by atoms with Crippen molar-refractivity contribution in [1.29, 1.82) is 0 Å². The molecule has 0 spiro atoms. The van der Waals surface area contributed by atoms with E-state index < -0.39 is 0 Å². The smallest absolute Gasteiger partial charge is 0.228 e. The molecule has 6 heteroatoms. The van der Waals surface area contributed by atoms with Gasteiger partial charge in [-0.25, -0.2) is 4.98 Å². The maximum absolute atomic E-state index is 12.3. The first kappa shape index (κ1) is 15.2. The zero-order chi connectivity index (χ0) is 16.1. The van der Waals surface area contributed by atoms with Crippen molar-refractivity contribution in [2.24, 2.45) is 0 Å². The Morgan fingerprint density at radius 3 is 2.83 bits per heavy atom. The van der Waals surface area contributed by atoms with Gasteiger partial charge in [-0.3, -0.25) is 9.78 Å². The van der Waals surface area contributed by atoms with E-state index in [4.69, 9.17) is 4.74 Å². The van der Waals surface area contributed by atoms with Crippen molar-refractivity contribution in [2.75, 3.05) is 13.7 Å². The number of nitrogens with zero attached hydrogens (tertiary/aromatic N) is 2. The van der Waals surface area contributed by atoms with Gasteiger partial charge in [-0.05, 0) is 24.3 Å². The SMILES string of the molecule is COC[C@H](NC(=O)Cc1nc2ccccc2[nH]1)c1ccccn1. The highest BCUT2D eigenvalue weighted by Crippen LogP contribution is 2.12. The van der Waals surface area contributed by atoms with Crippen molar-refractivity contribution in [3.63, 3.8) is 0 Å². The van der Waals surface area contributed by atoms with Gasteiger partial charge in [0.15, 0.2) is 0 Å². The van der Waals surface area contributed by atoms with Gasteiger partial charge in [0.1, 0.15) is 5.82 Å². The molecule has 1 aromatic carbocycles. The summed E-state index contributed by atoms with van der Waals surface area (Å²) in [6, 6.07) is 13.0. The molecule has 0 aliphatic carbocycles. The molecule has 1 amide bonds. The molecule has 2 N–H and O–H groups in total. The van der Waals surface area contributed by atoms with Gasteiger partial charge in [0, 0.05) is 13.3 Å². The molecule has 0 saturated carbocycles. The Labute approximate surface area is 133 Å². The fourth-order valence-corrected chi connectivity index (χ4v) is 2.44. The number of aromatic nitrogens is 3. The molecule has 1 atom stereocenters. The normalized spacial score (nSPS) is 12.2. The van der Waals surface area contributed by atoms with Crippen molar-refractivity contribution in [3.8, 4) is 0 Å². The highest BCUT2D eigenvalue weighted by Gasteiger charge is 2.16. The number of para-hydroxylation sites is 2. The average Bonchev–Trinajstić information content (AvgIpc) is 2.97. The van der Waals surface area contributed by atoms with Crippen molar-refractivity contribution in [3.05, 3.63) is 60.2 Å². The third-order valence-corrected chi connectivity index (χ3v) is 3.48. The van der Waals surface area contributed by atoms with Crippen LogP contribution in [0.4, 0.5) is 0 Å². The number of ether oxygens (including phenoxy) is 1. The van der Waals surface area contributed by atoms with Gasteiger partial charge in [0.25, 0.3) is 0 Å². The summed E-state index contributed by atoms with van der Waals surface area (Å²) >= 11 is 0. The van der Waals surface area contributed by atoms with Gasteiger partial charge in [-0.15, -0.1) is 0 Å². The third-order valence-electron chi connectivity index (χ3n) is 3.48. The van der Waals surface area contributed by atoms with E-state index in [9.17, 15) is 4.79 Å². The van der Waals surface area contributed by atoms with Gasteiger partial charge in [0.05, 0.1) is 35.8 Å². The molecule has 118 valence electrons. The van der Waals surface area contributed by atoms with Gasteiger partial charge in [-0.2, -0.15) is 0 Å². The lowest BCUT2D eigenvalue weighted by Gasteiger charge is -2.17. The topological polar surface area (TPSA) is 79.9 Å². The number of carbonyl (C=O) groups is 1. The quantitative estimate of drug-likeness (QED) is 0.730. The fourth-order valence-electron chi connectivity index (χ4n) is 2.44. The molecule has 0 bridgehead atoms. The molecule has 0 fully saturated rings. The predicted octanol–water partition coefficient (Wildman–Crippen LogP) is 2.00. The highest BCUT2D eigenvalue weighted by atomic mass is 16.5. The lowest BCUT2D eigenvalue weighted by molar-refractivity contribution is -0.121. The molecule has 6 nitrogen and oxygen atoms in total. The predicted molar refractivity (Wildman–Crippen MR) is 86.8 cm³/mol. The van der Waals surface area contributed by atoms with Crippen molar-refractivity contribution in [1.82, 2.24) is 20.3 Å². The fraction of sp³-hybridized carbons (Fsp3) is 0.235. The maximum atomic E-state index is 12.3. The van der Waals surface area contributed by atoms with Crippen LogP contribution < -0.4 is 5.32 Å². The standard InChI is InChI=1S/C17H18N4O2/c1-23-11-15(12-6-4-5-9-18-12)21-17(22)10-16-19-13-7-2-3-8-14(13)20-16/h2-9,15H,10-11H2,1H3,(H,19,20)(H,21,22)/t15-/m0/s1. The molecule has 3 rings (SSSR count). The van der Waals surface area contributed by atoms with Crippen molar-refractivity contribution in [2.45, 2.75) is 12.5 Å². The Balaban J connectivity index is 1.69. The molecule has 2 aromatic heterocycles. The number of nitrogens with one attached hydrogen (secondary N) is 2. The highest BCUT2D eigenvalue weighted by molar-refractivity contribution is 5.80. The second kappa shape index (κ2) is 7.02. The second-order valence-corrected chi connectivity index (χ2v) is 5.21. The summed E-state index contributed by atoms with van der Waals surface area (Å²) in [6.07, 6.45) is 1.88. The van der Waals surface area contributed by atoms with E-state index in [1.165, 1.54) is 0 Å². The van der Waals surface area contributed by atoms with Crippen LogP contribution in [0.5, 0.6) is 0 Å². The number of imidazole rings is 1. The number of pyridine rings is 1. The van der Waals surface area contributed by atoms with Crippen LogP contribution in [0.25, 0.3) is 11.0 Å². The number of rotatable bonds is 6. The van der Waals surface area contributed by atoms with Crippen LogP contribution in [-0.2, 0) is 16.0 Å². The molecule has 0 radical (unpaired) electrons. The van der Waals surface area contributed by atoms with Crippen LogP contribution in [0.15, 0.2) is 48.7 Å². The van der Waals surface area contributed by atoms with E-state index in [1.54, 1.807) is 13.3 Å². The molecule has 23 heavy (non-hydrogen) atoms. The van der Waals surface area contributed by atoms with Crippen LogP contribution in [-0.4, -0.2) is 34.6 Å². The number of carbonyl (C=O) groups excluding carboxylic acids is 1. The van der Waals surface area contributed by atoms with Gasteiger partial charge in [-0.1, -0.05) is 18.2 Å². The van der Waals surface area contributed by atoms with Crippen LogP contribution in [0.2, 0.25) is 0 Å². The van der Waals surface area contributed by atoms with Gasteiger partial charge >= 0.3 is 0 Å². The number of benzene rings is 1. The number of fused-ring (bicyclic) bond motifs is 1. The van der Waals surface area contributed by atoms with E-state index in [1.807, 2.05) is 42.5 Å². The number of methoxy groups -OCH3 is 1. The molecule has 0 aliphatic heterocycles. The first-order chi connectivity index (χ1) is 11.3. The molecular weight excluding hydrogens is 292 g/mol. The van der Waals surface area contributed by atoms with Crippen molar-refractivity contribution < 1.29 is 9.53 Å². The Hall–Kier alpha value is -2.73. The number of hydrogen-bond donors (Lipinski definition) is 2. The Morgan fingerprint density at radius 2 is 2.09 bits per heavy atom. The minimum absolute atomic E-state index is 0.128. The number of H-pyrrole nitrogens is 1. The number of amides is 1. The van der Waals surface area contributed by atoms with E-state index in [-0.39, 0.29) is 18.4 Å².